The Morgan fingerprint density at radius 1 is 1.50 bits per heavy atom. The van der Waals surface area contributed by atoms with Gasteiger partial charge >= 0.3 is 0 Å². The first-order valence-electron chi connectivity index (χ1n) is 7.03. The van der Waals surface area contributed by atoms with Crippen molar-refractivity contribution in [3.63, 3.8) is 0 Å². The van der Waals surface area contributed by atoms with E-state index in [0.717, 1.165) is 19.4 Å². The maximum absolute atomic E-state index is 11.5. The SMILES string of the molecule is CCOC1CC(NC(C(N)=O)C(C)C)C1(C)CC. The second-order valence-electron chi connectivity index (χ2n) is 5.88. The zero-order valence-electron chi connectivity index (χ0n) is 12.3. The van der Waals surface area contributed by atoms with Crippen molar-refractivity contribution in [3.8, 4) is 0 Å². The lowest BCUT2D eigenvalue weighted by atomic mass is 9.61. The molecule has 0 spiro atoms. The van der Waals surface area contributed by atoms with Gasteiger partial charge < -0.3 is 15.8 Å². The van der Waals surface area contributed by atoms with E-state index in [1.807, 2.05) is 20.8 Å². The highest BCUT2D eigenvalue weighted by Gasteiger charge is 2.51. The monoisotopic (exact) mass is 256 g/mol. The lowest BCUT2D eigenvalue weighted by molar-refractivity contribution is -0.136. The molecule has 1 rings (SSSR count). The third-order valence-corrected chi connectivity index (χ3v) is 4.46. The maximum atomic E-state index is 11.5. The second-order valence-corrected chi connectivity index (χ2v) is 5.88. The molecule has 4 nitrogen and oxygen atoms in total. The first-order valence-corrected chi connectivity index (χ1v) is 7.03. The molecule has 0 aromatic carbocycles. The number of nitrogens with one attached hydrogen (secondary N) is 1. The number of rotatable bonds is 7. The van der Waals surface area contributed by atoms with E-state index in [1.54, 1.807) is 0 Å². The lowest BCUT2D eigenvalue weighted by Crippen LogP contribution is -2.66. The van der Waals surface area contributed by atoms with Gasteiger partial charge in [0.15, 0.2) is 0 Å². The van der Waals surface area contributed by atoms with Crippen molar-refractivity contribution in [1.82, 2.24) is 5.32 Å². The van der Waals surface area contributed by atoms with E-state index in [9.17, 15) is 4.79 Å². The van der Waals surface area contributed by atoms with Crippen molar-refractivity contribution >= 4 is 5.91 Å². The molecule has 1 aliphatic carbocycles. The van der Waals surface area contributed by atoms with Crippen molar-refractivity contribution in [2.45, 2.75) is 65.6 Å². The zero-order valence-corrected chi connectivity index (χ0v) is 12.3. The van der Waals surface area contributed by atoms with Crippen LogP contribution in [0.25, 0.3) is 0 Å². The maximum Gasteiger partial charge on any atom is 0.234 e. The van der Waals surface area contributed by atoms with Crippen LogP contribution in [0, 0.1) is 11.3 Å². The van der Waals surface area contributed by atoms with Crippen LogP contribution in [0.15, 0.2) is 0 Å². The molecule has 1 aliphatic rings. The molecule has 1 saturated carbocycles. The fraction of sp³-hybridized carbons (Fsp3) is 0.929. The van der Waals surface area contributed by atoms with E-state index < -0.39 is 0 Å². The van der Waals surface area contributed by atoms with Crippen LogP contribution in [0.3, 0.4) is 0 Å². The Morgan fingerprint density at radius 3 is 2.50 bits per heavy atom. The van der Waals surface area contributed by atoms with Gasteiger partial charge in [0.25, 0.3) is 0 Å². The van der Waals surface area contributed by atoms with E-state index in [0.29, 0.717) is 12.1 Å². The van der Waals surface area contributed by atoms with Crippen molar-refractivity contribution in [2.24, 2.45) is 17.1 Å². The number of carbonyl (C=O) groups excluding carboxylic acids is 1. The molecule has 1 amide bonds. The quantitative estimate of drug-likeness (QED) is 0.728. The smallest absolute Gasteiger partial charge is 0.234 e. The number of hydrogen-bond donors (Lipinski definition) is 2. The largest absolute Gasteiger partial charge is 0.378 e. The van der Waals surface area contributed by atoms with Gasteiger partial charge in [-0.2, -0.15) is 0 Å². The van der Waals surface area contributed by atoms with Gasteiger partial charge in [0.2, 0.25) is 5.91 Å². The Labute approximate surface area is 111 Å². The number of carbonyl (C=O) groups is 1. The predicted molar refractivity (Wildman–Crippen MR) is 73.2 cm³/mol. The van der Waals surface area contributed by atoms with E-state index >= 15 is 0 Å². The number of hydrogen-bond acceptors (Lipinski definition) is 3. The summed E-state index contributed by atoms with van der Waals surface area (Å²) in [5.74, 6) is -0.0435. The predicted octanol–water partition coefficient (Wildman–Crippen LogP) is 1.68. The fourth-order valence-electron chi connectivity index (χ4n) is 2.83. The Bertz CT molecular complexity index is 294. The molecule has 4 atom stereocenters. The summed E-state index contributed by atoms with van der Waals surface area (Å²) in [6.07, 6.45) is 2.30. The average molecular weight is 256 g/mol. The van der Waals surface area contributed by atoms with Crippen molar-refractivity contribution < 1.29 is 9.53 Å². The zero-order chi connectivity index (χ0) is 13.9. The molecule has 106 valence electrons. The summed E-state index contributed by atoms with van der Waals surface area (Å²) in [4.78, 5) is 11.5. The normalized spacial score (nSPS) is 33.2. The molecule has 0 aliphatic heterocycles. The Morgan fingerprint density at radius 2 is 2.11 bits per heavy atom. The molecular formula is C14H28N2O2. The molecule has 1 fully saturated rings. The van der Waals surface area contributed by atoms with Gasteiger partial charge in [-0.15, -0.1) is 0 Å². The molecule has 4 unspecified atom stereocenters. The van der Waals surface area contributed by atoms with Gasteiger partial charge in [0.1, 0.15) is 0 Å². The molecule has 4 heteroatoms. The minimum absolute atomic E-state index is 0.110. The van der Waals surface area contributed by atoms with Gasteiger partial charge in [-0.1, -0.05) is 27.7 Å². The van der Waals surface area contributed by atoms with Crippen LogP contribution in [0.2, 0.25) is 0 Å². The van der Waals surface area contributed by atoms with E-state index in [4.69, 9.17) is 10.5 Å². The van der Waals surface area contributed by atoms with Crippen LogP contribution in [-0.4, -0.2) is 30.7 Å². The van der Waals surface area contributed by atoms with Crippen molar-refractivity contribution in [2.75, 3.05) is 6.61 Å². The molecule has 0 aromatic rings. The van der Waals surface area contributed by atoms with Crippen molar-refractivity contribution in [1.29, 1.82) is 0 Å². The summed E-state index contributed by atoms with van der Waals surface area (Å²) in [5.41, 5.74) is 5.57. The Balaban J connectivity index is 2.66. The second kappa shape index (κ2) is 6.02. The summed E-state index contributed by atoms with van der Waals surface area (Å²) in [6.45, 7) is 11.2. The van der Waals surface area contributed by atoms with Crippen LogP contribution in [0.1, 0.15) is 47.5 Å². The summed E-state index contributed by atoms with van der Waals surface area (Å²) < 4.78 is 5.76. The minimum atomic E-state index is -0.261. The van der Waals surface area contributed by atoms with Crippen LogP contribution >= 0.6 is 0 Å². The third-order valence-electron chi connectivity index (χ3n) is 4.46. The topological polar surface area (TPSA) is 64.3 Å². The third kappa shape index (κ3) is 2.86. The summed E-state index contributed by atoms with van der Waals surface area (Å²) in [7, 11) is 0. The van der Waals surface area contributed by atoms with E-state index in [-0.39, 0.29) is 23.3 Å². The highest BCUT2D eigenvalue weighted by molar-refractivity contribution is 5.80. The molecule has 0 radical (unpaired) electrons. The van der Waals surface area contributed by atoms with Crippen LogP contribution in [-0.2, 0) is 9.53 Å². The molecule has 0 aromatic heterocycles. The van der Waals surface area contributed by atoms with Crippen LogP contribution in [0.4, 0.5) is 0 Å². The number of amides is 1. The number of nitrogens with two attached hydrogens (primary N) is 1. The fourth-order valence-corrected chi connectivity index (χ4v) is 2.83. The average Bonchev–Trinajstić information content (AvgIpc) is 2.30. The first-order chi connectivity index (χ1) is 8.36. The lowest BCUT2D eigenvalue weighted by Gasteiger charge is -2.54. The standard InChI is InChI=1S/C14H28N2O2/c1-6-14(5)10(8-11(14)18-7-2)16-12(9(3)4)13(15)17/h9-12,16H,6-8H2,1-5H3,(H2,15,17). The molecular weight excluding hydrogens is 228 g/mol. The highest BCUT2D eigenvalue weighted by atomic mass is 16.5. The number of ether oxygens (including phenoxy) is 1. The van der Waals surface area contributed by atoms with Crippen molar-refractivity contribution in [3.05, 3.63) is 0 Å². The highest BCUT2D eigenvalue weighted by Crippen LogP contribution is 2.46. The Hall–Kier alpha value is -0.610. The summed E-state index contributed by atoms with van der Waals surface area (Å²) in [6, 6.07) is 0.0717. The molecule has 18 heavy (non-hydrogen) atoms. The first kappa shape index (κ1) is 15.4. The summed E-state index contributed by atoms with van der Waals surface area (Å²) >= 11 is 0. The van der Waals surface area contributed by atoms with E-state index in [2.05, 4.69) is 19.2 Å². The minimum Gasteiger partial charge on any atom is -0.378 e. The molecule has 0 saturated heterocycles. The Kier molecular flexibility index (Phi) is 5.17. The van der Waals surface area contributed by atoms with Gasteiger partial charge in [-0.05, 0) is 25.7 Å². The number of primary amides is 1. The van der Waals surface area contributed by atoms with Gasteiger partial charge in [-0.25, -0.2) is 0 Å². The van der Waals surface area contributed by atoms with E-state index in [1.165, 1.54) is 0 Å². The van der Waals surface area contributed by atoms with Gasteiger partial charge in [0, 0.05) is 18.1 Å². The van der Waals surface area contributed by atoms with Crippen LogP contribution < -0.4 is 11.1 Å². The van der Waals surface area contributed by atoms with Gasteiger partial charge in [-0.3, -0.25) is 4.79 Å². The van der Waals surface area contributed by atoms with Gasteiger partial charge in [0.05, 0.1) is 12.1 Å². The molecule has 3 N–H and O–H groups in total. The van der Waals surface area contributed by atoms with Crippen LogP contribution in [0.5, 0.6) is 0 Å². The molecule has 0 heterocycles. The molecule has 0 bridgehead atoms. The summed E-state index contributed by atoms with van der Waals surface area (Å²) in [5, 5.41) is 3.43.